The Morgan fingerprint density at radius 2 is 1.95 bits per heavy atom. The molecule has 21 heavy (non-hydrogen) atoms. The summed E-state index contributed by atoms with van der Waals surface area (Å²) in [7, 11) is -3.68. The van der Waals surface area contributed by atoms with Gasteiger partial charge in [0, 0.05) is 16.5 Å². The molecule has 2 rings (SSSR count). The molecule has 0 aliphatic rings. The smallest absolute Gasteiger partial charge is 0.261 e. The molecule has 2 aromatic carbocycles. The first-order chi connectivity index (χ1) is 9.97. The van der Waals surface area contributed by atoms with E-state index in [2.05, 4.69) is 4.72 Å². The summed E-state index contributed by atoms with van der Waals surface area (Å²) in [6.45, 7) is 0.266. The van der Waals surface area contributed by atoms with Crippen molar-refractivity contribution in [1.82, 2.24) is 0 Å². The molecular formula is C14H15ClN2O2S2. The lowest BCUT2D eigenvalue weighted by molar-refractivity contribution is 0.601. The average molecular weight is 343 g/mol. The summed E-state index contributed by atoms with van der Waals surface area (Å²) < 4.78 is 27.4. The highest BCUT2D eigenvalue weighted by Crippen LogP contribution is 2.28. The van der Waals surface area contributed by atoms with E-state index in [1.54, 1.807) is 18.2 Å². The predicted octanol–water partition coefficient (Wildman–Crippen LogP) is 3.32. The number of hydrogen-bond acceptors (Lipinski definition) is 4. The number of benzene rings is 2. The molecule has 4 nitrogen and oxygen atoms in total. The van der Waals surface area contributed by atoms with Crippen LogP contribution in [0.1, 0.15) is 5.56 Å². The van der Waals surface area contributed by atoms with Gasteiger partial charge in [-0.05, 0) is 36.1 Å². The number of rotatable bonds is 5. The Bertz CT molecular complexity index is 748. The van der Waals surface area contributed by atoms with Crippen LogP contribution < -0.4 is 10.5 Å². The first kappa shape index (κ1) is 16.2. The summed E-state index contributed by atoms with van der Waals surface area (Å²) in [5.74, 6) is 0. The van der Waals surface area contributed by atoms with Gasteiger partial charge in [-0.2, -0.15) is 0 Å². The van der Waals surface area contributed by atoms with Crippen molar-refractivity contribution < 1.29 is 8.42 Å². The van der Waals surface area contributed by atoms with Crippen LogP contribution in [0.25, 0.3) is 0 Å². The van der Waals surface area contributed by atoms with Gasteiger partial charge in [0.05, 0.1) is 10.6 Å². The molecule has 3 N–H and O–H groups in total. The Morgan fingerprint density at radius 3 is 2.57 bits per heavy atom. The second-order valence-corrected chi connectivity index (χ2v) is 7.20. The van der Waals surface area contributed by atoms with Crippen LogP contribution in [0, 0.1) is 0 Å². The molecule has 112 valence electrons. The maximum absolute atomic E-state index is 12.4. The van der Waals surface area contributed by atoms with Crippen molar-refractivity contribution in [1.29, 1.82) is 0 Å². The monoisotopic (exact) mass is 342 g/mol. The van der Waals surface area contributed by atoms with Crippen LogP contribution >= 0.6 is 23.4 Å². The van der Waals surface area contributed by atoms with Gasteiger partial charge in [0.15, 0.2) is 0 Å². The molecule has 0 spiro atoms. The second kappa shape index (κ2) is 6.70. The van der Waals surface area contributed by atoms with E-state index in [0.717, 1.165) is 4.90 Å². The van der Waals surface area contributed by atoms with Crippen LogP contribution in [0.3, 0.4) is 0 Å². The van der Waals surface area contributed by atoms with Crippen molar-refractivity contribution in [3.05, 3.63) is 53.1 Å². The molecular weight excluding hydrogens is 328 g/mol. The minimum absolute atomic E-state index is 0.112. The van der Waals surface area contributed by atoms with Crippen molar-refractivity contribution >= 4 is 39.1 Å². The Balaban J connectivity index is 2.36. The Labute approximate surface area is 133 Å². The summed E-state index contributed by atoms with van der Waals surface area (Å²) >= 11 is 7.49. The Kier molecular flexibility index (Phi) is 5.16. The normalized spacial score (nSPS) is 11.4. The fourth-order valence-electron chi connectivity index (χ4n) is 1.79. The zero-order valence-corrected chi connectivity index (χ0v) is 13.7. The van der Waals surface area contributed by atoms with Crippen molar-refractivity contribution in [2.24, 2.45) is 5.73 Å². The molecule has 2 aromatic rings. The summed E-state index contributed by atoms with van der Waals surface area (Å²) in [5, 5.41) is 0.346. The zero-order chi connectivity index (χ0) is 15.5. The molecule has 0 atom stereocenters. The maximum Gasteiger partial charge on any atom is 0.261 e. The first-order valence-corrected chi connectivity index (χ1v) is 9.21. The van der Waals surface area contributed by atoms with Gasteiger partial charge < -0.3 is 5.73 Å². The molecule has 0 saturated carbocycles. The summed E-state index contributed by atoms with van der Waals surface area (Å²) in [6.07, 6.45) is 1.89. The lowest BCUT2D eigenvalue weighted by Crippen LogP contribution is -2.14. The third kappa shape index (κ3) is 3.71. The van der Waals surface area contributed by atoms with E-state index in [-0.39, 0.29) is 11.4 Å². The molecule has 0 bridgehead atoms. The molecule has 0 unspecified atom stereocenters. The Morgan fingerprint density at radius 1 is 1.24 bits per heavy atom. The van der Waals surface area contributed by atoms with Crippen LogP contribution in [-0.2, 0) is 16.6 Å². The molecule has 0 radical (unpaired) electrons. The minimum atomic E-state index is -3.68. The average Bonchev–Trinajstić information content (AvgIpc) is 2.47. The van der Waals surface area contributed by atoms with E-state index in [9.17, 15) is 8.42 Å². The lowest BCUT2D eigenvalue weighted by Gasteiger charge is -2.12. The van der Waals surface area contributed by atoms with Gasteiger partial charge in [0.25, 0.3) is 10.0 Å². The minimum Gasteiger partial charge on any atom is -0.326 e. The molecule has 0 aromatic heterocycles. The van der Waals surface area contributed by atoms with Gasteiger partial charge in [-0.3, -0.25) is 4.72 Å². The highest BCUT2D eigenvalue weighted by Gasteiger charge is 2.17. The van der Waals surface area contributed by atoms with E-state index in [0.29, 0.717) is 16.3 Å². The highest BCUT2D eigenvalue weighted by atomic mass is 35.5. The molecule has 0 aliphatic carbocycles. The van der Waals surface area contributed by atoms with Gasteiger partial charge in [0.2, 0.25) is 0 Å². The van der Waals surface area contributed by atoms with Crippen molar-refractivity contribution in [3.63, 3.8) is 0 Å². The summed E-state index contributed by atoms with van der Waals surface area (Å²) in [4.78, 5) is 0.964. The van der Waals surface area contributed by atoms with E-state index >= 15 is 0 Å². The number of thioether (sulfide) groups is 1. The standard InChI is InChI=1S/C14H15ClN2O2S2/c1-20-14-5-3-2-4-13(14)17-21(18,19)11-7-6-10(9-16)12(15)8-11/h2-8,17H,9,16H2,1H3. The van der Waals surface area contributed by atoms with Crippen molar-refractivity contribution in [3.8, 4) is 0 Å². The Hall–Kier alpha value is -1.21. The number of nitrogens with two attached hydrogens (primary N) is 1. The number of halogens is 1. The third-order valence-electron chi connectivity index (χ3n) is 2.91. The quantitative estimate of drug-likeness (QED) is 0.817. The van der Waals surface area contributed by atoms with E-state index < -0.39 is 10.0 Å². The molecule has 0 aliphatic heterocycles. The van der Waals surface area contributed by atoms with Gasteiger partial charge in [-0.15, -0.1) is 11.8 Å². The van der Waals surface area contributed by atoms with Gasteiger partial charge in [-0.1, -0.05) is 29.8 Å². The largest absolute Gasteiger partial charge is 0.326 e. The molecule has 0 fully saturated rings. The number of anilines is 1. The van der Waals surface area contributed by atoms with Crippen LogP contribution in [0.5, 0.6) is 0 Å². The van der Waals surface area contributed by atoms with Crippen molar-refractivity contribution in [2.45, 2.75) is 16.3 Å². The molecule has 0 saturated heterocycles. The predicted molar refractivity (Wildman–Crippen MR) is 88.4 cm³/mol. The lowest BCUT2D eigenvalue weighted by atomic mass is 10.2. The van der Waals surface area contributed by atoms with E-state index in [4.69, 9.17) is 17.3 Å². The van der Waals surface area contributed by atoms with Gasteiger partial charge in [-0.25, -0.2) is 8.42 Å². The van der Waals surface area contributed by atoms with Crippen LogP contribution in [0.4, 0.5) is 5.69 Å². The van der Waals surface area contributed by atoms with Crippen LogP contribution in [-0.4, -0.2) is 14.7 Å². The number of nitrogens with one attached hydrogen (secondary N) is 1. The van der Waals surface area contributed by atoms with Crippen molar-refractivity contribution in [2.75, 3.05) is 11.0 Å². The summed E-state index contributed by atoms with van der Waals surface area (Å²) in [6, 6.07) is 11.7. The highest BCUT2D eigenvalue weighted by molar-refractivity contribution is 7.99. The molecule has 0 amide bonds. The van der Waals surface area contributed by atoms with Gasteiger partial charge in [0.1, 0.15) is 0 Å². The second-order valence-electron chi connectivity index (χ2n) is 4.26. The SMILES string of the molecule is CSc1ccccc1NS(=O)(=O)c1ccc(CN)c(Cl)c1. The van der Waals surface area contributed by atoms with Crippen LogP contribution in [0.15, 0.2) is 52.3 Å². The third-order valence-corrected chi connectivity index (χ3v) is 5.42. The number of sulfonamides is 1. The fourth-order valence-corrected chi connectivity index (χ4v) is 3.84. The van der Waals surface area contributed by atoms with Gasteiger partial charge >= 0.3 is 0 Å². The zero-order valence-electron chi connectivity index (χ0n) is 11.3. The van der Waals surface area contributed by atoms with E-state index in [1.165, 1.54) is 23.9 Å². The van der Waals surface area contributed by atoms with Crippen LogP contribution in [0.2, 0.25) is 5.02 Å². The summed E-state index contributed by atoms with van der Waals surface area (Å²) in [5.41, 5.74) is 6.77. The maximum atomic E-state index is 12.4. The topological polar surface area (TPSA) is 72.2 Å². The fraction of sp³-hybridized carbons (Fsp3) is 0.143. The molecule has 7 heteroatoms. The first-order valence-electron chi connectivity index (χ1n) is 6.12. The number of hydrogen-bond donors (Lipinski definition) is 2. The molecule has 0 heterocycles. The number of para-hydroxylation sites is 1. The van der Waals surface area contributed by atoms with E-state index in [1.807, 2.05) is 18.4 Å².